The summed E-state index contributed by atoms with van der Waals surface area (Å²) in [6.45, 7) is 0. The van der Waals surface area contributed by atoms with Crippen molar-refractivity contribution in [1.82, 2.24) is 0 Å². The lowest BCUT2D eigenvalue weighted by Gasteiger charge is -2.25. The molecule has 0 radical (unpaired) electrons. The van der Waals surface area contributed by atoms with Gasteiger partial charge >= 0.3 is 5.97 Å². The first-order chi connectivity index (χ1) is 9.13. The molecule has 1 aliphatic carbocycles. The van der Waals surface area contributed by atoms with Crippen molar-refractivity contribution in [3.05, 3.63) is 35.4 Å². The van der Waals surface area contributed by atoms with E-state index in [4.69, 9.17) is 0 Å². The number of aliphatic hydroxyl groups is 1. The van der Waals surface area contributed by atoms with Gasteiger partial charge in [-0.2, -0.15) is 0 Å². The van der Waals surface area contributed by atoms with E-state index in [1.54, 1.807) is 24.3 Å². The molecule has 1 aromatic carbocycles. The third-order valence-electron chi connectivity index (χ3n) is 3.66. The number of benzene rings is 1. The van der Waals surface area contributed by atoms with E-state index in [0.717, 1.165) is 19.3 Å². The first kappa shape index (κ1) is 13.7. The predicted octanol–water partition coefficient (Wildman–Crippen LogP) is 2.27. The molecule has 4 nitrogen and oxygen atoms in total. The molecule has 0 spiro atoms. The Balaban J connectivity index is 2.12. The molecule has 0 aliphatic heterocycles. The van der Waals surface area contributed by atoms with Crippen molar-refractivity contribution in [3.8, 4) is 0 Å². The molecular weight excluding hydrogens is 244 g/mol. The number of ketones is 1. The van der Waals surface area contributed by atoms with Crippen molar-refractivity contribution >= 4 is 11.8 Å². The molecule has 1 saturated carbocycles. The van der Waals surface area contributed by atoms with Crippen molar-refractivity contribution in [3.63, 3.8) is 0 Å². The highest BCUT2D eigenvalue weighted by molar-refractivity contribution is 5.89. The van der Waals surface area contributed by atoms with Crippen molar-refractivity contribution in [1.29, 1.82) is 0 Å². The highest BCUT2D eigenvalue weighted by Crippen LogP contribution is 2.32. The smallest absolute Gasteiger partial charge is 0.337 e. The van der Waals surface area contributed by atoms with Gasteiger partial charge in [-0.3, -0.25) is 4.79 Å². The second kappa shape index (κ2) is 5.97. The molecule has 102 valence electrons. The summed E-state index contributed by atoms with van der Waals surface area (Å²) in [6, 6.07) is 6.58. The van der Waals surface area contributed by atoms with Gasteiger partial charge in [-0.05, 0) is 30.5 Å². The topological polar surface area (TPSA) is 63.6 Å². The molecule has 1 aliphatic rings. The minimum atomic E-state index is -0.778. The zero-order valence-corrected chi connectivity index (χ0v) is 11.0. The zero-order chi connectivity index (χ0) is 13.8. The minimum absolute atomic E-state index is 0.135. The number of rotatable bonds is 3. The summed E-state index contributed by atoms with van der Waals surface area (Å²) >= 11 is 0. The predicted molar refractivity (Wildman–Crippen MR) is 69.7 cm³/mol. The van der Waals surface area contributed by atoms with Crippen LogP contribution in [0, 0.1) is 5.92 Å². The van der Waals surface area contributed by atoms with E-state index in [2.05, 4.69) is 4.74 Å². The van der Waals surface area contributed by atoms with Crippen molar-refractivity contribution < 1.29 is 19.4 Å². The molecule has 0 unspecified atom stereocenters. The molecule has 19 heavy (non-hydrogen) atoms. The lowest BCUT2D eigenvalue weighted by Crippen LogP contribution is -2.25. The number of esters is 1. The largest absolute Gasteiger partial charge is 0.465 e. The molecule has 1 N–H and O–H groups in total. The van der Waals surface area contributed by atoms with E-state index in [1.807, 2.05) is 0 Å². The Hall–Kier alpha value is -1.68. The monoisotopic (exact) mass is 262 g/mol. The van der Waals surface area contributed by atoms with Gasteiger partial charge < -0.3 is 9.84 Å². The van der Waals surface area contributed by atoms with E-state index in [0.29, 0.717) is 17.5 Å². The fourth-order valence-corrected chi connectivity index (χ4v) is 2.51. The summed E-state index contributed by atoms with van der Waals surface area (Å²) < 4.78 is 4.61. The summed E-state index contributed by atoms with van der Waals surface area (Å²) in [4.78, 5) is 23.1. The van der Waals surface area contributed by atoms with Gasteiger partial charge in [0.15, 0.2) is 0 Å². The number of aliphatic hydroxyl groups excluding tert-OH is 1. The lowest BCUT2D eigenvalue weighted by atomic mass is 9.81. The second-order valence-corrected chi connectivity index (χ2v) is 4.88. The molecule has 4 heteroatoms. The van der Waals surface area contributed by atoms with E-state index >= 15 is 0 Å². The Labute approximate surface area is 112 Å². The molecule has 1 fully saturated rings. The fourth-order valence-electron chi connectivity index (χ4n) is 2.51. The average molecular weight is 262 g/mol. The third kappa shape index (κ3) is 3.01. The van der Waals surface area contributed by atoms with Gasteiger partial charge in [0.25, 0.3) is 0 Å². The quantitative estimate of drug-likeness (QED) is 0.849. The zero-order valence-electron chi connectivity index (χ0n) is 11.0. The number of ether oxygens (including phenoxy) is 1. The second-order valence-electron chi connectivity index (χ2n) is 4.88. The molecule has 0 saturated heterocycles. The first-order valence-corrected chi connectivity index (χ1v) is 6.52. The summed E-state index contributed by atoms with van der Waals surface area (Å²) in [5.41, 5.74) is 1.11. The fraction of sp³-hybridized carbons (Fsp3) is 0.467. The van der Waals surface area contributed by atoms with Gasteiger partial charge in [-0.25, -0.2) is 4.79 Å². The first-order valence-electron chi connectivity index (χ1n) is 6.52. The normalized spacial score (nSPS) is 20.9. The number of Topliss-reactive ketones (excluding diaryl/α,β-unsaturated/α-hetero) is 1. The Morgan fingerprint density at radius 2 is 2.00 bits per heavy atom. The van der Waals surface area contributed by atoms with Crippen LogP contribution in [0.25, 0.3) is 0 Å². The van der Waals surface area contributed by atoms with Crippen LogP contribution in [-0.2, 0) is 9.53 Å². The number of hydrogen-bond acceptors (Lipinski definition) is 4. The van der Waals surface area contributed by atoms with Crippen LogP contribution in [0.5, 0.6) is 0 Å². The number of carbonyl (C=O) groups is 2. The number of carbonyl (C=O) groups excluding carboxylic acids is 2. The maximum atomic E-state index is 11.8. The van der Waals surface area contributed by atoms with Crippen molar-refractivity contribution in [2.24, 2.45) is 5.92 Å². The van der Waals surface area contributed by atoms with Crippen LogP contribution in [0.4, 0.5) is 0 Å². The van der Waals surface area contributed by atoms with Gasteiger partial charge in [0.2, 0.25) is 0 Å². The highest BCUT2D eigenvalue weighted by atomic mass is 16.5. The molecule has 2 rings (SSSR count). The average Bonchev–Trinajstić information content (AvgIpc) is 2.46. The van der Waals surface area contributed by atoms with Crippen molar-refractivity contribution in [2.75, 3.05) is 7.11 Å². The van der Waals surface area contributed by atoms with Gasteiger partial charge in [-0.15, -0.1) is 0 Å². The van der Waals surface area contributed by atoms with E-state index in [1.165, 1.54) is 7.11 Å². The third-order valence-corrected chi connectivity index (χ3v) is 3.66. The number of methoxy groups -OCH3 is 1. The molecule has 0 heterocycles. The van der Waals surface area contributed by atoms with Crippen LogP contribution >= 0.6 is 0 Å². The summed E-state index contributed by atoms with van der Waals surface area (Å²) in [6.07, 6.45) is 2.41. The van der Waals surface area contributed by atoms with Gasteiger partial charge in [0.1, 0.15) is 5.78 Å². The Bertz CT molecular complexity index is 464. The highest BCUT2D eigenvalue weighted by Gasteiger charge is 2.29. The molecule has 0 aromatic heterocycles. The standard InChI is InChI=1S/C15H18O4/c1-19-15(18)11-8-6-10(7-9-11)14(17)12-4-2-3-5-13(12)16/h6-9,12,14,17H,2-5H2,1H3/t12-,14-/m1/s1. The molecular formula is C15H18O4. The summed E-state index contributed by atoms with van der Waals surface area (Å²) in [5.74, 6) is -0.580. The van der Waals surface area contributed by atoms with Crippen LogP contribution < -0.4 is 0 Å². The molecule has 2 atom stereocenters. The lowest BCUT2D eigenvalue weighted by molar-refractivity contribution is -0.128. The molecule has 0 bridgehead atoms. The van der Waals surface area contributed by atoms with Crippen molar-refractivity contribution in [2.45, 2.75) is 31.8 Å². The van der Waals surface area contributed by atoms with Crippen LogP contribution in [0.1, 0.15) is 47.7 Å². The number of hydrogen-bond donors (Lipinski definition) is 1. The van der Waals surface area contributed by atoms with Gasteiger partial charge in [0, 0.05) is 12.3 Å². The Morgan fingerprint density at radius 3 is 2.58 bits per heavy atom. The van der Waals surface area contributed by atoms with Crippen LogP contribution in [0.3, 0.4) is 0 Å². The maximum Gasteiger partial charge on any atom is 0.337 e. The molecule has 0 amide bonds. The van der Waals surface area contributed by atoms with E-state index in [-0.39, 0.29) is 11.7 Å². The summed E-state index contributed by atoms with van der Waals surface area (Å²) in [7, 11) is 1.33. The van der Waals surface area contributed by atoms with E-state index in [9.17, 15) is 14.7 Å². The minimum Gasteiger partial charge on any atom is -0.465 e. The Kier molecular flexibility index (Phi) is 4.32. The summed E-state index contributed by atoms with van der Waals surface area (Å²) in [5, 5.41) is 10.3. The van der Waals surface area contributed by atoms with Gasteiger partial charge in [-0.1, -0.05) is 18.6 Å². The van der Waals surface area contributed by atoms with Crippen LogP contribution in [0.2, 0.25) is 0 Å². The SMILES string of the molecule is COC(=O)c1ccc([C@@H](O)[C@@H]2CCCCC2=O)cc1. The van der Waals surface area contributed by atoms with E-state index < -0.39 is 12.1 Å². The van der Waals surface area contributed by atoms with Crippen LogP contribution in [0.15, 0.2) is 24.3 Å². The van der Waals surface area contributed by atoms with Crippen LogP contribution in [-0.4, -0.2) is 24.0 Å². The van der Waals surface area contributed by atoms with Gasteiger partial charge in [0.05, 0.1) is 18.8 Å². The maximum absolute atomic E-state index is 11.8. The molecule has 1 aromatic rings. The Morgan fingerprint density at radius 1 is 1.32 bits per heavy atom.